The summed E-state index contributed by atoms with van der Waals surface area (Å²) in [5.74, 6) is 1.55. The monoisotopic (exact) mass is 308 g/mol. The van der Waals surface area contributed by atoms with Crippen LogP contribution in [0.2, 0.25) is 0 Å². The first kappa shape index (κ1) is 16.3. The highest BCUT2D eigenvalue weighted by molar-refractivity contribution is 5.79. The van der Waals surface area contributed by atoms with Crippen molar-refractivity contribution in [3.05, 3.63) is 0 Å². The Hall–Kier alpha value is -0.610. The molecule has 0 aromatic carbocycles. The minimum atomic E-state index is 0.233. The molecule has 126 valence electrons. The molecule has 0 aromatic heterocycles. The lowest BCUT2D eigenvalue weighted by Gasteiger charge is -2.42. The summed E-state index contributed by atoms with van der Waals surface area (Å²) in [5, 5.41) is 9.37. The molecule has 3 fully saturated rings. The van der Waals surface area contributed by atoms with Crippen LogP contribution in [0.4, 0.5) is 0 Å². The first-order valence-corrected chi connectivity index (χ1v) is 9.41. The average molecular weight is 308 g/mol. The molecule has 1 saturated heterocycles. The molecular formula is C18H32N2O2. The topological polar surface area (TPSA) is 43.8 Å². The van der Waals surface area contributed by atoms with E-state index in [1.165, 1.54) is 45.1 Å². The fourth-order valence-corrected chi connectivity index (χ4v) is 4.17. The molecule has 1 atom stereocenters. The Labute approximate surface area is 134 Å². The molecule has 3 aliphatic rings. The van der Waals surface area contributed by atoms with Crippen LogP contribution < -0.4 is 0 Å². The van der Waals surface area contributed by atoms with Crippen molar-refractivity contribution < 1.29 is 9.90 Å². The lowest BCUT2D eigenvalue weighted by Crippen LogP contribution is -2.56. The number of hydrogen-bond donors (Lipinski definition) is 1. The molecule has 2 saturated carbocycles. The van der Waals surface area contributed by atoms with Crippen molar-refractivity contribution in [2.24, 2.45) is 11.8 Å². The van der Waals surface area contributed by atoms with Gasteiger partial charge < -0.3 is 10.0 Å². The van der Waals surface area contributed by atoms with Crippen molar-refractivity contribution in [3.63, 3.8) is 0 Å². The minimum Gasteiger partial charge on any atom is -0.396 e. The number of piperazine rings is 1. The summed E-state index contributed by atoms with van der Waals surface area (Å²) in [4.78, 5) is 17.5. The van der Waals surface area contributed by atoms with Crippen LogP contribution in [0.5, 0.6) is 0 Å². The van der Waals surface area contributed by atoms with Gasteiger partial charge in [0.15, 0.2) is 0 Å². The van der Waals surface area contributed by atoms with Gasteiger partial charge >= 0.3 is 0 Å². The summed E-state index contributed by atoms with van der Waals surface area (Å²) in [6.45, 7) is 4.14. The molecule has 4 heteroatoms. The van der Waals surface area contributed by atoms with Gasteiger partial charge in [0.25, 0.3) is 0 Å². The fourth-order valence-electron chi connectivity index (χ4n) is 4.17. The third kappa shape index (κ3) is 4.23. The molecular weight excluding hydrogens is 276 g/mol. The van der Waals surface area contributed by atoms with Crippen molar-refractivity contribution in [2.45, 2.75) is 63.8 Å². The first-order valence-electron chi connectivity index (χ1n) is 9.41. The van der Waals surface area contributed by atoms with E-state index in [9.17, 15) is 9.90 Å². The van der Waals surface area contributed by atoms with E-state index in [0.717, 1.165) is 44.8 Å². The number of carbonyl (C=O) groups is 1. The first-order chi connectivity index (χ1) is 10.8. The summed E-state index contributed by atoms with van der Waals surface area (Å²) in [5.41, 5.74) is 0. The van der Waals surface area contributed by atoms with E-state index in [-0.39, 0.29) is 12.5 Å². The summed E-state index contributed by atoms with van der Waals surface area (Å²) in [6, 6.07) is 0.370. The number of rotatable bonds is 5. The van der Waals surface area contributed by atoms with Gasteiger partial charge in [0.2, 0.25) is 5.91 Å². The van der Waals surface area contributed by atoms with Gasteiger partial charge in [-0.2, -0.15) is 0 Å². The fraction of sp³-hybridized carbons (Fsp3) is 0.944. The number of nitrogens with zero attached hydrogens (tertiary/aromatic N) is 2. The van der Waals surface area contributed by atoms with E-state index in [1.807, 2.05) is 0 Å². The van der Waals surface area contributed by atoms with Crippen molar-refractivity contribution in [3.8, 4) is 0 Å². The van der Waals surface area contributed by atoms with Crippen LogP contribution in [0.15, 0.2) is 0 Å². The van der Waals surface area contributed by atoms with Gasteiger partial charge in [-0.3, -0.25) is 9.69 Å². The second-order valence-electron chi connectivity index (χ2n) is 7.58. The Morgan fingerprint density at radius 3 is 2.36 bits per heavy atom. The number of carbonyl (C=O) groups excluding carboxylic acids is 1. The Morgan fingerprint density at radius 1 is 1.00 bits per heavy atom. The SMILES string of the molecule is O=C(C1CCCCCC1)N1CCN(CC2CC2)C(CCO)C1. The maximum Gasteiger partial charge on any atom is 0.225 e. The number of aliphatic hydroxyl groups is 1. The van der Waals surface area contributed by atoms with E-state index in [4.69, 9.17) is 0 Å². The van der Waals surface area contributed by atoms with Crippen molar-refractivity contribution in [1.29, 1.82) is 0 Å². The van der Waals surface area contributed by atoms with E-state index < -0.39 is 0 Å². The van der Waals surface area contributed by atoms with Crippen LogP contribution in [-0.2, 0) is 4.79 Å². The molecule has 22 heavy (non-hydrogen) atoms. The normalized spacial score (nSPS) is 28.6. The Balaban J connectivity index is 1.56. The quantitative estimate of drug-likeness (QED) is 0.792. The average Bonchev–Trinajstić information content (AvgIpc) is 3.35. The van der Waals surface area contributed by atoms with Crippen LogP contribution in [-0.4, -0.2) is 59.6 Å². The summed E-state index contributed by atoms with van der Waals surface area (Å²) < 4.78 is 0. The lowest BCUT2D eigenvalue weighted by molar-refractivity contribution is -0.139. The third-order valence-corrected chi connectivity index (χ3v) is 5.77. The van der Waals surface area contributed by atoms with Crippen LogP contribution in [0.1, 0.15) is 57.8 Å². The molecule has 4 nitrogen and oxygen atoms in total. The lowest BCUT2D eigenvalue weighted by atomic mass is 9.97. The maximum absolute atomic E-state index is 12.8. The molecule has 0 aromatic rings. The highest BCUT2D eigenvalue weighted by Crippen LogP contribution is 2.32. The van der Waals surface area contributed by atoms with Crippen molar-refractivity contribution in [1.82, 2.24) is 9.80 Å². The molecule has 2 aliphatic carbocycles. The number of aliphatic hydroxyl groups excluding tert-OH is 1. The van der Waals surface area contributed by atoms with Gasteiger partial charge in [-0.05, 0) is 38.0 Å². The van der Waals surface area contributed by atoms with Crippen LogP contribution in [0, 0.1) is 11.8 Å². The van der Waals surface area contributed by atoms with E-state index in [0.29, 0.717) is 11.9 Å². The highest BCUT2D eigenvalue weighted by atomic mass is 16.3. The standard InChI is InChI=1S/C18H32N2O2/c21-12-9-17-14-20(11-10-19(17)13-15-7-8-15)18(22)16-5-3-1-2-4-6-16/h15-17,21H,1-14H2. The number of hydrogen-bond acceptors (Lipinski definition) is 3. The molecule has 3 rings (SSSR count). The summed E-state index contributed by atoms with van der Waals surface area (Å²) in [7, 11) is 0. The van der Waals surface area contributed by atoms with Gasteiger partial charge in [-0.25, -0.2) is 0 Å². The van der Waals surface area contributed by atoms with Crippen LogP contribution in [0.25, 0.3) is 0 Å². The molecule has 0 bridgehead atoms. The molecule has 1 N–H and O–H groups in total. The van der Waals surface area contributed by atoms with Gasteiger partial charge in [-0.1, -0.05) is 25.7 Å². The second kappa shape index (κ2) is 7.78. The molecule has 1 amide bonds. The molecule has 1 aliphatic heterocycles. The highest BCUT2D eigenvalue weighted by Gasteiger charge is 2.35. The molecule has 1 unspecified atom stereocenters. The maximum atomic E-state index is 12.8. The Kier molecular flexibility index (Phi) is 5.75. The molecule has 0 radical (unpaired) electrons. The van der Waals surface area contributed by atoms with E-state index >= 15 is 0 Å². The zero-order valence-corrected chi connectivity index (χ0v) is 13.9. The zero-order chi connectivity index (χ0) is 15.4. The van der Waals surface area contributed by atoms with Crippen LogP contribution >= 0.6 is 0 Å². The van der Waals surface area contributed by atoms with Crippen LogP contribution in [0.3, 0.4) is 0 Å². The van der Waals surface area contributed by atoms with Gasteiger partial charge in [0.05, 0.1) is 0 Å². The minimum absolute atomic E-state index is 0.233. The predicted octanol–water partition coefficient (Wildman–Crippen LogP) is 2.26. The van der Waals surface area contributed by atoms with Crippen molar-refractivity contribution >= 4 is 5.91 Å². The van der Waals surface area contributed by atoms with Crippen molar-refractivity contribution in [2.75, 3.05) is 32.8 Å². The summed E-state index contributed by atoms with van der Waals surface area (Å²) >= 11 is 0. The smallest absolute Gasteiger partial charge is 0.225 e. The molecule has 0 spiro atoms. The number of amides is 1. The zero-order valence-electron chi connectivity index (χ0n) is 13.9. The predicted molar refractivity (Wildman–Crippen MR) is 87.6 cm³/mol. The van der Waals surface area contributed by atoms with Gasteiger partial charge in [-0.15, -0.1) is 0 Å². The Morgan fingerprint density at radius 2 is 1.73 bits per heavy atom. The third-order valence-electron chi connectivity index (χ3n) is 5.77. The van der Waals surface area contributed by atoms with Gasteiger partial charge in [0, 0.05) is 44.7 Å². The summed E-state index contributed by atoms with van der Waals surface area (Å²) in [6.07, 6.45) is 10.8. The largest absolute Gasteiger partial charge is 0.396 e. The van der Waals surface area contributed by atoms with Gasteiger partial charge in [0.1, 0.15) is 0 Å². The van der Waals surface area contributed by atoms with E-state index in [1.54, 1.807) is 0 Å². The Bertz CT molecular complexity index is 362. The second-order valence-corrected chi connectivity index (χ2v) is 7.58. The molecule has 1 heterocycles. The van der Waals surface area contributed by atoms with E-state index in [2.05, 4.69) is 9.80 Å².